The fraction of sp³-hybridized carbons (Fsp3) is 0.143. The van der Waals surface area contributed by atoms with Gasteiger partial charge in [-0.05, 0) is 12.1 Å². The van der Waals surface area contributed by atoms with Crippen LogP contribution < -0.4 is 0 Å². The fourth-order valence-corrected chi connectivity index (χ4v) is 0.685. The first kappa shape index (κ1) is 7.05. The van der Waals surface area contributed by atoms with Crippen molar-refractivity contribution >= 4 is 0 Å². The summed E-state index contributed by atoms with van der Waals surface area (Å²) in [6.07, 6.45) is -1.51. The highest BCUT2D eigenvalue weighted by Gasteiger charge is 2.00. The maximum Gasteiger partial charge on any atom is 0.178 e. The first-order chi connectivity index (χ1) is 4.70. The summed E-state index contributed by atoms with van der Waals surface area (Å²) in [7, 11) is 0. The second-order valence-electron chi connectivity index (χ2n) is 1.97. The molecule has 1 aromatic rings. The van der Waals surface area contributed by atoms with E-state index in [0.717, 1.165) is 0 Å². The van der Waals surface area contributed by atoms with Gasteiger partial charge in [0.05, 0.1) is 0 Å². The number of aliphatic hydroxyl groups is 2. The van der Waals surface area contributed by atoms with Crippen molar-refractivity contribution in [1.82, 2.24) is 0 Å². The van der Waals surface area contributed by atoms with Gasteiger partial charge in [0.2, 0.25) is 0 Å². The van der Waals surface area contributed by atoms with Crippen molar-refractivity contribution in [1.29, 1.82) is 0 Å². The molecule has 3 nitrogen and oxygen atoms in total. The van der Waals surface area contributed by atoms with Gasteiger partial charge in [0, 0.05) is 5.56 Å². The molecule has 0 aromatic heterocycles. The summed E-state index contributed by atoms with van der Waals surface area (Å²) in [5, 5.41) is 26.0. The molecular formula is C7H8O3. The average molecular weight is 140 g/mol. The molecule has 0 aliphatic heterocycles. The molecule has 0 saturated heterocycles. The summed E-state index contributed by atoms with van der Waals surface area (Å²) in [6.45, 7) is 0. The molecule has 0 bridgehead atoms. The van der Waals surface area contributed by atoms with Gasteiger partial charge in [-0.15, -0.1) is 0 Å². The third-order valence-corrected chi connectivity index (χ3v) is 1.17. The van der Waals surface area contributed by atoms with E-state index >= 15 is 0 Å². The van der Waals surface area contributed by atoms with Crippen molar-refractivity contribution in [2.75, 3.05) is 0 Å². The molecule has 0 heterocycles. The fourth-order valence-electron chi connectivity index (χ4n) is 0.685. The van der Waals surface area contributed by atoms with Crippen molar-refractivity contribution in [3.05, 3.63) is 29.8 Å². The molecule has 3 heteroatoms. The van der Waals surface area contributed by atoms with E-state index < -0.39 is 6.29 Å². The lowest BCUT2D eigenvalue weighted by molar-refractivity contribution is -0.0426. The Labute approximate surface area is 58.2 Å². The Morgan fingerprint density at radius 2 is 1.90 bits per heavy atom. The zero-order valence-corrected chi connectivity index (χ0v) is 5.23. The quantitative estimate of drug-likeness (QED) is 0.494. The summed E-state index contributed by atoms with van der Waals surface area (Å²) in [5.41, 5.74) is 0.292. The number of hydrogen-bond donors (Lipinski definition) is 3. The Bertz CT molecular complexity index is 220. The summed E-state index contributed by atoms with van der Waals surface area (Å²) in [5.74, 6) is 0.0330. The van der Waals surface area contributed by atoms with Crippen LogP contribution in [0.3, 0.4) is 0 Å². The summed E-state index contributed by atoms with van der Waals surface area (Å²) in [6, 6.07) is 5.82. The van der Waals surface area contributed by atoms with Gasteiger partial charge < -0.3 is 15.3 Å². The number of rotatable bonds is 1. The topological polar surface area (TPSA) is 60.7 Å². The maximum atomic E-state index is 8.84. The first-order valence-corrected chi connectivity index (χ1v) is 2.85. The molecule has 0 amide bonds. The normalized spacial score (nSPS) is 10.3. The lowest BCUT2D eigenvalue weighted by Crippen LogP contribution is -1.92. The molecule has 0 aliphatic rings. The number of hydrogen-bond acceptors (Lipinski definition) is 3. The second kappa shape index (κ2) is 2.68. The van der Waals surface area contributed by atoms with Crippen LogP contribution in [0.5, 0.6) is 5.75 Å². The largest absolute Gasteiger partial charge is 0.508 e. The van der Waals surface area contributed by atoms with E-state index in [0.29, 0.717) is 5.56 Å². The lowest BCUT2D eigenvalue weighted by atomic mass is 10.2. The number of phenols is 1. The molecule has 0 radical (unpaired) electrons. The predicted octanol–water partition coefficient (Wildman–Crippen LogP) is 0.375. The third-order valence-electron chi connectivity index (χ3n) is 1.17. The molecule has 0 fully saturated rings. The smallest absolute Gasteiger partial charge is 0.178 e. The van der Waals surface area contributed by atoms with E-state index in [2.05, 4.69) is 0 Å². The van der Waals surface area contributed by atoms with Gasteiger partial charge in [0.15, 0.2) is 6.29 Å². The molecule has 0 spiro atoms. The Kier molecular flexibility index (Phi) is 1.89. The lowest BCUT2D eigenvalue weighted by Gasteiger charge is -2.01. The molecule has 1 rings (SSSR count). The standard InChI is InChI=1S/C7H8O3/c8-6-3-1-2-5(4-6)7(9)10/h1-4,7-10H. The monoisotopic (exact) mass is 140 g/mol. The van der Waals surface area contributed by atoms with Gasteiger partial charge in [-0.2, -0.15) is 0 Å². The summed E-state index contributed by atoms with van der Waals surface area (Å²) >= 11 is 0. The van der Waals surface area contributed by atoms with Crippen LogP contribution in [-0.4, -0.2) is 15.3 Å². The SMILES string of the molecule is Oc1cccc(C(O)O)c1. The van der Waals surface area contributed by atoms with Crippen LogP contribution in [0.4, 0.5) is 0 Å². The van der Waals surface area contributed by atoms with Gasteiger partial charge in [0.25, 0.3) is 0 Å². The van der Waals surface area contributed by atoms with E-state index in [1.165, 1.54) is 18.2 Å². The van der Waals surface area contributed by atoms with E-state index in [1.807, 2.05) is 0 Å². The Morgan fingerprint density at radius 3 is 2.30 bits per heavy atom. The van der Waals surface area contributed by atoms with E-state index in [1.54, 1.807) is 6.07 Å². The molecule has 0 saturated carbocycles. The minimum Gasteiger partial charge on any atom is -0.508 e. The molecule has 0 aliphatic carbocycles. The number of aliphatic hydroxyl groups excluding tert-OH is 1. The number of aromatic hydroxyl groups is 1. The van der Waals surface area contributed by atoms with Crippen molar-refractivity contribution in [3.8, 4) is 5.75 Å². The Hall–Kier alpha value is -1.06. The predicted molar refractivity (Wildman–Crippen MR) is 35.3 cm³/mol. The van der Waals surface area contributed by atoms with Crippen molar-refractivity contribution in [3.63, 3.8) is 0 Å². The van der Waals surface area contributed by atoms with Gasteiger partial charge in [-0.3, -0.25) is 0 Å². The Balaban J connectivity index is 2.96. The van der Waals surface area contributed by atoms with E-state index in [-0.39, 0.29) is 5.75 Å². The second-order valence-corrected chi connectivity index (χ2v) is 1.97. The highest BCUT2D eigenvalue weighted by atomic mass is 16.5. The average Bonchev–Trinajstić information content (AvgIpc) is 1.88. The molecule has 1 aromatic carbocycles. The van der Waals surface area contributed by atoms with Crippen molar-refractivity contribution in [2.24, 2.45) is 0 Å². The molecule has 54 valence electrons. The minimum atomic E-state index is -1.51. The summed E-state index contributed by atoms with van der Waals surface area (Å²) in [4.78, 5) is 0. The van der Waals surface area contributed by atoms with Crippen LogP contribution in [0, 0.1) is 0 Å². The van der Waals surface area contributed by atoms with Crippen LogP contribution in [0.15, 0.2) is 24.3 Å². The van der Waals surface area contributed by atoms with Crippen LogP contribution in [-0.2, 0) is 0 Å². The number of benzene rings is 1. The Morgan fingerprint density at radius 1 is 1.20 bits per heavy atom. The summed E-state index contributed by atoms with van der Waals surface area (Å²) < 4.78 is 0. The van der Waals surface area contributed by atoms with Crippen LogP contribution in [0.2, 0.25) is 0 Å². The first-order valence-electron chi connectivity index (χ1n) is 2.85. The minimum absolute atomic E-state index is 0.0330. The molecular weight excluding hydrogens is 132 g/mol. The van der Waals surface area contributed by atoms with Gasteiger partial charge in [-0.25, -0.2) is 0 Å². The van der Waals surface area contributed by atoms with Gasteiger partial charge >= 0.3 is 0 Å². The highest BCUT2D eigenvalue weighted by Crippen LogP contribution is 2.15. The zero-order valence-electron chi connectivity index (χ0n) is 5.23. The van der Waals surface area contributed by atoms with E-state index in [4.69, 9.17) is 15.3 Å². The molecule has 3 N–H and O–H groups in total. The maximum absolute atomic E-state index is 8.84. The van der Waals surface area contributed by atoms with E-state index in [9.17, 15) is 0 Å². The van der Waals surface area contributed by atoms with Crippen molar-refractivity contribution < 1.29 is 15.3 Å². The van der Waals surface area contributed by atoms with Gasteiger partial charge in [-0.1, -0.05) is 12.1 Å². The molecule has 0 atom stereocenters. The van der Waals surface area contributed by atoms with Crippen molar-refractivity contribution in [2.45, 2.75) is 6.29 Å². The zero-order chi connectivity index (χ0) is 7.56. The van der Waals surface area contributed by atoms with Gasteiger partial charge in [0.1, 0.15) is 5.75 Å². The highest BCUT2D eigenvalue weighted by molar-refractivity contribution is 5.27. The third kappa shape index (κ3) is 1.46. The molecule has 0 unspecified atom stereocenters. The van der Waals surface area contributed by atoms with Crippen LogP contribution >= 0.6 is 0 Å². The van der Waals surface area contributed by atoms with Crippen LogP contribution in [0.1, 0.15) is 11.9 Å². The molecule has 10 heavy (non-hydrogen) atoms. The van der Waals surface area contributed by atoms with Crippen LogP contribution in [0.25, 0.3) is 0 Å². The number of phenolic OH excluding ortho intramolecular Hbond substituents is 1.